The van der Waals surface area contributed by atoms with E-state index in [1.54, 1.807) is 10.7 Å². The zero-order valence-corrected chi connectivity index (χ0v) is 13.6. The number of nitrogens with zero attached hydrogens (tertiary/aromatic N) is 3. The second-order valence-electron chi connectivity index (χ2n) is 5.07. The van der Waals surface area contributed by atoms with E-state index in [1.165, 1.54) is 14.2 Å². The van der Waals surface area contributed by atoms with Gasteiger partial charge in [-0.15, -0.1) is 0 Å². The number of aromatic nitrogens is 2. The molecule has 0 aliphatic carbocycles. The molecular formula is C16H20N4O4. The van der Waals surface area contributed by atoms with Crippen molar-refractivity contribution in [3.63, 3.8) is 0 Å². The Labute approximate surface area is 139 Å². The molecule has 0 unspecified atom stereocenters. The summed E-state index contributed by atoms with van der Waals surface area (Å²) in [5.41, 5.74) is 1.96. The van der Waals surface area contributed by atoms with Gasteiger partial charge in [-0.25, -0.2) is 9.86 Å². The molecule has 2 amide bonds. The fourth-order valence-corrected chi connectivity index (χ4v) is 2.18. The number of nitrogens with one attached hydrogen (secondary N) is 1. The lowest BCUT2D eigenvalue weighted by atomic mass is 10.1. The number of carbonyl (C=O) groups is 2. The summed E-state index contributed by atoms with van der Waals surface area (Å²) in [5, 5.41) is 16.5. The topological polar surface area (TPSA) is 96.7 Å². The van der Waals surface area contributed by atoms with Gasteiger partial charge in [0.05, 0.1) is 12.8 Å². The van der Waals surface area contributed by atoms with Crippen LogP contribution in [0.4, 0.5) is 4.79 Å². The fourth-order valence-electron chi connectivity index (χ4n) is 2.18. The van der Waals surface area contributed by atoms with Crippen LogP contribution in [0, 0.1) is 0 Å². The molecule has 0 saturated carbocycles. The maximum Gasteiger partial charge on any atom is 0.404 e. The fraction of sp³-hybridized carbons (Fsp3) is 0.312. The van der Waals surface area contributed by atoms with Crippen molar-refractivity contribution in [2.75, 3.05) is 20.7 Å². The normalized spacial score (nSPS) is 10.4. The predicted octanol–water partition coefficient (Wildman–Crippen LogP) is 1.84. The van der Waals surface area contributed by atoms with Crippen LogP contribution in [0.15, 0.2) is 36.4 Å². The zero-order chi connectivity index (χ0) is 17.5. The van der Waals surface area contributed by atoms with E-state index in [4.69, 9.17) is 9.94 Å². The quantitative estimate of drug-likeness (QED) is 0.596. The summed E-state index contributed by atoms with van der Waals surface area (Å²) >= 11 is 0. The third-order valence-corrected chi connectivity index (χ3v) is 3.45. The van der Waals surface area contributed by atoms with E-state index < -0.39 is 6.09 Å². The van der Waals surface area contributed by atoms with Gasteiger partial charge in [0.15, 0.2) is 0 Å². The molecule has 0 bridgehead atoms. The molecule has 0 aliphatic heterocycles. The Morgan fingerprint density at radius 2 is 2.04 bits per heavy atom. The minimum atomic E-state index is -1.07. The van der Waals surface area contributed by atoms with E-state index in [0.29, 0.717) is 24.4 Å². The molecule has 0 atom stereocenters. The predicted molar refractivity (Wildman–Crippen MR) is 87.4 cm³/mol. The van der Waals surface area contributed by atoms with Crippen LogP contribution in [0.1, 0.15) is 16.9 Å². The molecule has 0 fully saturated rings. The number of carboxylic acid groups (broad SMARTS) is 1. The average molecular weight is 332 g/mol. The number of benzene rings is 1. The van der Waals surface area contributed by atoms with Gasteiger partial charge in [0.25, 0.3) is 5.91 Å². The van der Waals surface area contributed by atoms with Crippen molar-refractivity contribution < 1.29 is 19.5 Å². The van der Waals surface area contributed by atoms with Gasteiger partial charge in [0, 0.05) is 25.7 Å². The highest BCUT2D eigenvalue weighted by Crippen LogP contribution is 2.20. The van der Waals surface area contributed by atoms with Gasteiger partial charge in [-0.3, -0.25) is 14.3 Å². The summed E-state index contributed by atoms with van der Waals surface area (Å²) < 4.78 is 1.57. The molecule has 128 valence electrons. The molecule has 8 heteroatoms. The van der Waals surface area contributed by atoms with E-state index in [2.05, 4.69) is 10.4 Å². The second-order valence-corrected chi connectivity index (χ2v) is 5.07. The molecule has 8 nitrogen and oxygen atoms in total. The molecule has 1 heterocycles. The summed E-state index contributed by atoms with van der Waals surface area (Å²) in [5.74, 6) is -0.321. The van der Waals surface area contributed by atoms with Gasteiger partial charge >= 0.3 is 6.09 Å². The molecule has 1 aromatic carbocycles. The number of aryl methyl sites for hydroxylation is 1. The summed E-state index contributed by atoms with van der Waals surface area (Å²) in [6.45, 7) is 0.690. The number of rotatable bonds is 7. The Morgan fingerprint density at radius 1 is 1.33 bits per heavy atom. The SMILES string of the molecule is CON(C)C(=O)c1cc(-c2ccccc2)nn1CCCNC(=O)O. The lowest BCUT2D eigenvalue weighted by Gasteiger charge is -2.14. The first kappa shape index (κ1) is 17.5. The van der Waals surface area contributed by atoms with Crippen molar-refractivity contribution in [3.8, 4) is 11.3 Å². The van der Waals surface area contributed by atoms with Crippen LogP contribution >= 0.6 is 0 Å². The van der Waals surface area contributed by atoms with Gasteiger partial charge in [-0.2, -0.15) is 5.10 Å². The van der Waals surface area contributed by atoms with Gasteiger partial charge < -0.3 is 10.4 Å². The summed E-state index contributed by atoms with van der Waals surface area (Å²) in [4.78, 5) is 27.9. The Kier molecular flexibility index (Phi) is 5.91. The molecule has 24 heavy (non-hydrogen) atoms. The van der Waals surface area contributed by atoms with Crippen LogP contribution in [0.2, 0.25) is 0 Å². The van der Waals surface area contributed by atoms with Crippen LogP contribution in [0.3, 0.4) is 0 Å². The second kappa shape index (κ2) is 8.11. The van der Waals surface area contributed by atoms with Crippen molar-refractivity contribution in [2.24, 2.45) is 0 Å². The lowest BCUT2D eigenvalue weighted by molar-refractivity contribution is -0.0763. The maximum absolute atomic E-state index is 12.4. The minimum Gasteiger partial charge on any atom is -0.465 e. The number of amides is 2. The van der Waals surface area contributed by atoms with Gasteiger partial charge in [-0.05, 0) is 12.5 Å². The smallest absolute Gasteiger partial charge is 0.404 e. The van der Waals surface area contributed by atoms with E-state index in [-0.39, 0.29) is 12.5 Å². The maximum atomic E-state index is 12.4. The van der Waals surface area contributed by atoms with Gasteiger partial charge in [0.2, 0.25) is 0 Å². The largest absolute Gasteiger partial charge is 0.465 e. The van der Waals surface area contributed by atoms with E-state index in [1.807, 2.05) is 30.3 Å². The van der Waals surface area contributed by atoms with Crippen molar-refractivity contribution >= 4 is 12.0 Å². The highest BCUT2D eigenvalue weighted by atomic mass is 16.7. The molecule has 0 saturated heterocycles. The summed E-state index contributed by atoms with van der Waals surface area (Å²) in [7, 11) is 2.93. The summed E-state index contributed by atoms with van der Waals surface area (Å²) in [6.07, 6.45) is -0.560. The summed E-state index contributed by atoms with van der Waals surface area (Å²) in [6, 6.07) is 11.2. The van der Waals surface area contributed by atoms with Gasteiger partial charge in [-0.1, -0.05) is 30.3 Å². The number of carbonyl (C=O) groups excluding carboxylic acids is 1. The third-order valence-electron chi connectivity index (χ3n) is 3.45. The average Bonchev–Trinajstić information content (AvgIpc) is 3.02. The van der Waals surface area contributed by atoms with E-state index >= 15 is 0 Å². The Balaban J connectivity index is 2.23. The Morgan fingerprint density at radius 3 is 2.67 bits per heavy atom. The zero-order valence-electron chi connectivity index (χ0n) is 13.6. The van der Waals surface area contributed by atoms with Crippen molar-refractivity contribution in [1.29, 1.82) is 0 Å². The highest BCUT2D eigenvalue weighted by Gasteiger charge is 2.19. The molecule has 0 spiro atoms. The minimum absolute atomic E-state index is 0.281. The first-order valence-corrected chi connectivity index (χ1v) is 7.45. The van der Waals surface area contributed by atoms with Crippen molar-refractivity contribution in [3.05, 3.63) is 42.1 Å². The van der Waals surface area contributed by atoms with Crippen LogP contribution < -0.4 is 5.32 Å². The third kappa shape index (κ3) is 4.32. The number of hydrogen-bond donors (Lipinski definition) is 2. The molecule has 1 aromatic heterocycles. The standard InChI is InChI=1S/C16H20N4O4/c1-19(24-2)15(21)14-11-13(12-7-4-3-5-8-12)18-20(14)10-6-9-17-16(22)23/h3-5,7-8,11,17H,6,9-10H2,1-2H3,(H,22,23). The van der Waals surface area contributed by atoms with E-state index in [9.17, 15) is 9.59 Å². The monoisotopic (exact) mass is 332 g/mol. The first-order valence-electron chi connectivity index (χ1n) is 7.45. The van der Waals surface area contributed by atoms with Crippen LogP contribution in [0.5, 0.6) is 0 Å². The molecule has 0 radical (unpaired) electrons. The Hall–Kier alpha value is -2.87. The highest BCUT2D eigenvalue weighted by molar-refractivity contribution is 5.92. The van der Waals surface area contributed by atoms with Crippen LogP contribution in [0.25, 0.3) is 11.3 Å². The van der Waals surface area contributed by atoms with Crippen molar-refractivity contribution in [2.45, 2.75) is 13.0 Å². The van der Waals surface area contributed by atoms with Gasteiger partial charge in [0.1, 0.15) is 5.69 Å². The van der Waals surface area contributed by atoms with E-state index in [0.717, 1.165) is 10.6 Å². The van der Waals surface area contributed by atoms with Crippen LogP contribution in [-0.2, 0) is 11.4 Å². The number of hydrogen-bond acceptors (Lipinski definition) is 4. The molecular weight excluding hydrogens is 312 g/mol. The Bertz CT molecular complexity index is 699. The molecule has 2 N–H and O–H groups in total. The molecule has 2 aromatic rings. The lowest BCUT2D eigenvalue weighted by Crippen LogP contribution is -2.28. The first-order chi connectivity index (χ1) is 11.5. The number of hydroxylamine groups is 2. The van der Waals surface area contributed by atoms with Crippen molar-refractivity contribution in [1.82, 2.24) is 20.2 Å². The molecule has 0 aliphatic rings. The van der Waals surface area contributed by atoms with Crippen LogP contribution in [-0.4, -0.2) is 52.7 Å². The molecule has 2 rings (SSSR count).